The predicted molar refractivity (Wildman–Crippen MR) is 96.7 cm³/mol. The first-order valence-corrected chi connectivity index (χ1v) is 8.57. The Balaban J connectivity index is 2.04. The lowest BCUT2D eigenvalue weighted by atomic mass is 10.0. The molecule has 0 saturated carbocycles. The van der Waals surface area contributed by atoms with Gasteiger partial charge in [-0.15, -0.1) is 0 Å². The molecule has 2 N–H and O–H groups in total. The molecule has 122 valence electrons. The van der Waals surface area contributed by atoms with Crippen LogP contribution in [0.2, 0.25) is 5.15 Å². The van der Waals surface area contributed by atoms with Gasteiger partial charge in [-0.25, -0.2) is 4.98 Å². The summed E-state index contributed by atoms with van der Waals surface area (Å²) in [5, 5.41) is 7.11. The molecular weight excluding hydrogens is 318 g/mol. The molecule has 1 aromatic heterocycles. The molecular formula is C15H24ClN5S. The van der Waals surface area contributed by atoms with Crippen LogP contribution in [0, 0.1) is 11.8 Å². The van der Waals surface area contributed by atoms with Crippen molar-refractivity contribution in [3.05, 3.63) is 11.2 Å². The van der Waals surface area contributed by atoms with E-state index in [4.69, 9.17) is 23.8 Å². The van der Waals surface area contributed by atoms with Crippen molar-refractivity contribution < 1.29 is 0 Å². The van der Waals surface area contributed by atoms with E-state index in [1.54, 1.807) is 0 Å². The summed E-state index contributed by atoms with van der Waals surface area (Å²) in [6.45, 7) is 9.33. The van der Waals surface area contributed by atoms with Gasteiger partial charge in [0.25, 0.3) is 0 Å². The van der Waals surface area contributed by atoms with E-state index >= 15 is 0 Å². The largest absolute Gasteiger partial charge is 0.362 e. The highest BCUT2D eigenvalue weighted by atomic mass is 35.5. The van der Waals surface area contributed by atoms with E-state index in [0.29, 0.717) is 28.0 Å². The maximum absolute atomic E-state index is 6.14. The zero-order valence-corrected chi connectivity index (χ0v) is 15.0. The van der Waals surface area contributed by atoms with E-state index in [-0.39, 0.29) is 0 Å². The molecule has 7 heteroatoms. The van der Waals surface area contributed by atoms with Crippen LogP contribution in [-0.4, -0.2) is 34.7 Å². The summed E-state index contributed by atoms with van der Waals surface area (Å²) >= 11 is 11.4. The van der Waals surface area contributed by atoms with Crippen molar-refractivity contribution in [2.75, 3.05) is 29.9 Å². The van der Waals surface area contributed by atoms with E-state index in [2.05, 4.69) is 46.3 Å². The predicted octanol–water partition coefficient (Wildman–Crippen LogP) is 3.31. The van der Waals surface area contributed by atoms with Crippen LogP contribution >= 0.6 is 23.8 Å². The number of nitrogens with zero attached hydrogens (tertiary/aromatic N) is 3. The van der Waals surface area contributed by atoms with Crippen LogP contribution in [-0.2, 0) is 0 Å². The minimum absolute atomic E-state index is 0.428. The summed E-state index contributed by atoms with van der Waals surface area (Å²) in [4.78, 5) is 11.0. The fourth-order valence-electron chi connectivity index (χ4n) is 2.46. The third kappa shape index (κ3) is 5.25. The number of halogens is 1. The fraction of sp³-hybridized carbons (Fsp3) is 0.667. The highest BCUT2D eigenvalue weighted by molar-refractivity contribution is 7.80. The van der Waals surface area contributed by atoms with Gasteiger partial charge >= 0.3 is 0 Å². The van der Waals surface area contributed by atoms with E-state index in [1.807, 2.05) is 6.07 Å². The number of anilines is 2. The molecule has 0 spiro atoms. The molecule has 1 atom stereocenters. The lowest BCUT2D eigenvalue weighted by Gasteiger charge is -2.32. The molecule has 0 radical (unpaired) electrons. The van der Waals surface area contributed by atoms with Crippen molar-refractivity contribution in [3.8, 4) is 0 Å². The molecule has 0 amide bonds. The van der Waals surface area contributed by atoms with Crippen molar-refractivity contribution in [1.82, 2.24) is 15.3 Å². The second-order valence-corrected chi connectivity index (χ2v) is 7.09. The molecule has 5 nitrogen and oxygen atoms in total. The highest BCUT2D eigenvalue weighted by Crippen LogP contribution is 2.24. The maximum atomic E-state index is 6.14. The summed E-state index contributed by atoms with van der Waals surface area (Å²) in [7, 11) is 0. The van der Waals surface area contributed by atoms with Gasteiger partial charge in [0.1, 0.15) is 11.0 Å². The Bertz CT molecular complexity index is 523. The van der Waals surface area contributed by atoms with Crippen molar-refractivity contribution >= 4 is 40.7 Å². The van der Waals surface area contributed by atoms with Crippen LogP contribution in [0.4, 0.5) is 11.8 Å². The van der Waals surface area contributed by atoms with Gasteiger partial charge in [0, 0.05) is 25.7 Å². The Labute approximate surface area is 142 Å². The van der Waals surface area contributed by atoms with E-state index in [0.717, 1.165) is 25.5 Å². The van der Waals surface area contributed by atoms with Crippen LogP contribution in [0.1, 0.15) is 33.6 Å². The average molecular weight is 342 g/mol. The van der Waals surface area contributed by atoms with Crippen LogP contribution < -0.4 is 15.5 Å². The number of nitrogens with one attached hydrogen (secondary N) is 2. The van der Waals surface area contributed by atoms with E-state index < -0.39 is 0 Å². The SMILES string of the molecule is CC(C)CNC(=S)Nc1nc(Cl)cc(N2CCC[C@H](C)C2)n1. The number of thiocarbonyl (C=S) groups is 1. The van der Waals surface area contributed by atoms with Crippen molar-refractivity contribution in [2.24, 2.45) is 11.8 Å². The molecule has 0 unspecified atom stereocenters. The molecule has 1 fully saturated rings. The normalized spacial score (nSPS) is 18.4. The number of hydrogen-bond acceptors (Lipinski definition) is 4. The molecule has 2 heterocycles. The summed E-state index contributed by atoms with van der Waals surface area (Å²) in [6.07, 6.45) is 2.45. The van der Waals surface area contributed by atoms with Crippen molar-refractivity contribution in [1.29, 1.82) is 0 Å². The summed E-state index contributed by atoms with van der Waals surface area (Å²) in [5.41, 5.74) is 0. The first kappa shape index (κ1) is 17.2. The minimum Gasteiger partial charge on any atom is -0.362 e. The summed E-state index contributed by atoms with van der Waals surface area (Å²) in [5.74, 6) is 2.50. The first-order valence-electron chi connectivity index (χ1n) is 7.78. The zero-order valence-electron chi connectivity index (χ0n) is 13.4. The quantitative estimate of drug-likeness (QED) is 0.647. The molecule has 1 aliphatic rings. The van der Waals surface area contributed by atoms with Crippen LogP contribution in [0.5, 0.6) is 0 Å². The van der Waals surface area contributed by atoms with Gasteiger partial charge in [-0.1, -0.05) is 32.4 Å². The van der Waals surface area contributed by atoms with E-state index in [1.165, 1.54) is 12.8 Å². The molecule has 1 saturated heterocycles. The molecule has 0 aromatic carbocycles. The van der Waals surface area contributed by atoms with Crippen LogP contribution in [0.15, 0.2) is 6.07 Å². The second-order valence-electron chi connectivity index (χ2n) is 6.29. The molecule has 2 rings (SSSR count). The maximum Gasteiger partial charge on any atom is 0.232 e. The van der Waals surface area contributed by atoms with Gasteiger partial charge in [-0.3, -0.25) is 0 Å². The van der Waals surface area contributed by atoms with Crippen LogP contribution in [0.25, 0.3) is 0 Å². The monoisotopic (exact) mass is 341 g/mol. The standard InChI is InChI=1S/C15H24ClN5S/c1-10(2)8-17-15(22)20-14-18-12(16)7-13(19-14)21-6-4-5-11(3)9-21/h7,10-11H,4-6,8-9H2,1-3H3,(H2,17,18,19,20,22)/t11-/m0/s1. The highest BCUT2D eigenvalue weighted by Gasteiger charge is 2.19. The number of hydrogen-bond donors (Lipinski definition) is 2. The van der Waals surface area contributed by atoms with Crippen LogP contribution in [0.3, 0.4) is 0 Å². The van der Waals surface area contributed by atoms with Gasteiger partial charge in [0.15, 0.2) is 5.11 Å². The Morgan fingerprint density at radius 2 is 2.27 bits per heavy atom. The lowest BCUT2D eigenvalue weighted by molar-refractivity contribution is 0.444. The summed E-state index contributed by atoms with van der Waals surface area (Å²) < 4.78 is 0. The van der Waals surface area contributed by atoms with E-state index in [9.17, 15) is 0 Å². The number of piperidine rings is 1. The lowest BCUT2D eigenvalue weighted by Crippen LogP contribution is -2.35. The first-order chi connectivity index (χ1) is 10.4. The smallest absolute Gasteiger partial charge is 0.232 e. The average Bonchev–Trinajstić information content (AvgIpc) is 2.44. The van der Waals surface area contributed by atoms with Gasteiger partial charge in [-0.05, 0) is 36.9 Å². The topological polar surface area (TPSA) is 53.1 Å². The molecule has 1 aliphatic heterocycles. The Kier molecular flexibility index (Phi) is 6.20. The van der Waals surface area contributed by atoms with Crippen molar-refractivity contribution in [2.45, 2.75) is 33.6 Å². The Morgan fingerprint density at radius 1 is 1.50 bits per heavy atom. The third-order valence-corrected chi connectivity index (χ3v) is 4.00. The molecule has 22 heavy (non-hydrogen) atoms. The van der Waals surface area contributed by atoms with Gasteiger partial charge in [0.05, 0.1) is 0 Å². The van der Waals surface area contributed by atoms with Gasteiger partial charge in [0.2, 0.25) is 5.95 Å². The Hall–Kier alpha value is -1.14. The molecule has 1 aromatic rings. The third-order valence-electron chi connectivity index (χ3n) is 3.56. The zero-order chi connectivity index (χ0) is 16.1. The molecule has 0 bridgehead atoms. The summed E-state index contributed by atoms with van der Waals surface area (Å²) in [6, 6.07) is 1.81. The Morgan fingerprint density at radius 3 is 2.95 bits per heavy atom. The fourth-order valence-corrected chi connectivity index (χ4v) is 2.82. The van der Waals surface area contributed by atoms with Crippen molar-refractivity contribution in [3.63, 3.8) is 0 Å². The number of aromatic nitrogens is 2. The molecule has 0 aliphatic carbocycles. The van der Waals surface area contributed by atoms with Gasteiger partial charge in [-0.2, -0.15) is 4.98 Å². The number of rotatable bonds is 4. The second kappa shape index (κ2) is 7.92. The minimum atomic E-state index is 0.428. The van der Waals surface area contributed by atoms with Gasteiger partial charge < -0.3 is 15.5 Å².